The van der Waals surface area contributed by atoms with E-state index in [-0.39, 0.29) is 42.1 Å². The van der Waals surface area contributed by atoms with E-state index in [1.54, 1.807) is 6.07 Å². The Bertz CT molecular complexity index is 1830. The number of hydrogen-bond donors (Lipinski definition) is 2. The van der Waals surface area contributed by atoms with Gasteiger partial charge in [-0.3, -0.25) is 4.79 Å². The highest BCUT2D eigenvalue weighted by Gasteiger charge is 2.41. The van der Waals surface area contributed by atoms with Crippen molar-refractivity contribution in [2.45, 2.75) is 50.5 Å². The fraction of sp³-hybridized carbons (Fsp3) is 0.294. The van der Waals surface area contributed by atoms with E-state index in [0.29, 0.717) is 41.0 Å². The summed E-state index contributed by atoms with van der Waals surface area (Å²) in [5.74, 6) is -1.07. The topological polar surface area (TPSA) is 79.6 Å². The van der Waals surface area contributed by atoms with E-state index in [4.69, 9.17) is 44.0 Å². The standard InChI is InChI=1S/C34H29Cl3F2N4O3/c35-25-3-1-2-19(31(25)36)15-43(22-6-7-22)34(44)29-24(12-20-13-40-14-28(29)41-20)18-4-8-23(9-5-18)45-16-21-17-46-33(42-21)30-26(38)10-11-27(39)32(30)37/h1-5,8-11,17,20,22,28,40-41H,6-7,12-16H2. The van der Waals surface area contributed by atoms with Crippen LogP contribution in [-0.4, -0.2) is 47.0 Å². The number of amides is 1. The van der Waals surface area contributed by atoms with Gasteiger partial charge in [0.05, 0.1) is 26.7 Å². The normalized spacial score (nSPS) is 19.3. The molecule has 2 N–H and O–H groups in total. The van der Waals surface area contributed by atoms with Crippen LogP contribution in [0.15, 0.2) is 70.9 Å². The maximum Gasteiger partial charge on any atom is 0.252 e. The van der Waals surface area contributed by atoms with E-state index >= 15 is 0 Å². The summed E-state index contributed by atoms with van der Waals surface area (Å²) in [6, 6.07) is 15.3. The van der Waals surface area contributed by atoms with Crippen LogP contribution in [0, 0.1) is 11.6 Å². The average Bonchev–Trinajstić information content (AvgIpc) is 3.80. The van der Waals surface area contributed by atoms with Crippen molar-refractivity contribution in [1.82, 2.24) is 20.5 Å². The van der Waals surface area contributed by atoms with Crippen LogP contribution in [0.2, 0.25) is 15.1 Å². The number of nitrogens with zero attached hydrogens (tertiary/aromatic N) is 2. The zero-order chi connectivity index (χ0) is 31.9. The van der Waals surface area contributed by atoms with Gasteiger partial charge in [0.1, 0.15) is 35.9 Å². The van der Waals surface area contributed by atoms with E-state index < -0.39 is 16.7 Å². The molecule has 2 unspecified atom stereocenters. The molecule has 0 radical (unpaired) electrons. The smallest absolute Gasteiger partial charge is 0.252 e. The summed E-state index contributed by atoms with van der Waals surface area (Å²) in [7, 11) is 0. The zero-order valence-corrected chi connectivity index (χ0v) is 26.7. The summed E-state index contributed by atoms with van der Waals surface area (Å²) in [6.45, 7) is 1.89. The lowest BCUT2D eigenvalue weighted by atomic mass is 9.83. The van der Waals surface area contributed by atoms with E-state index in [9.17, 15) is 13.6 Å². The van der Waals surface area contributed by atoms with E-state index in [1.807, 2.05) is 41.3 Å². The molecule has 2 fully saturated rings. The summed E-state index contributed by atoms with van der Waals surface area (Å²) < 4.78 is 39.5. The van der Waals surface area contributed by atoms with Gasteiger partial charge >= 0.3 is 0 Å². The molecule has 2 atom stereocenters. The van der Waals surface area contributed by atoms with Gasteiger partial charge in [0.15, 0.2) is 0 Å². The highest BCUT2D eigenvalue weighted by Crippen LogP contribution is 2.38. The third kappa shape index (κ3) is 6.27. The number of halogens is 5. The third-order valence-corrected chi connectivity index (χ3v) is 9.78. The maximum atomic E-state index is 14.4. The number of ether oxygens (including phenoxy) is 1. The summed E-state index contributed by atoms with van der Waals surface area (Å²) in [4.78, 5) is 20.6. The summed E-state index contributed by atoms with van der Waals surface area (Å²) in [5.41, 5.74) is 3.70. The summed E-state index contributed by atoms with van der Waals surface area (Å²) >= 11 is 18.8. The van der Waals surface area contributed by atoms with Gasteiger partial charge < -0.3 is 24.7 Å². The van der Waals surface area contributed by atoms with Crippen molar-refractivity contribution < 1.29 is 22.7 Å². The van der Waals surface area contributed by atoms with Crippen LogP contribution in [-0.2, 0) is 17.9 Å². The molecule has 12 heteroatoms. The van der Waals surface area contributed by atoms with Crippen molar-refractivity contribution in [3.05, 3.63) is 110 Å². The quantitative estimate of drug-likeness (QED) is 0.179. The second kappa shape index (κ2) is 13.0. The first-order valence-corrected chi connectivity index (χ1v) is 16.2. The lowest BCUT2D eigenvalue weighted by Crippen LogP contribution is -2.60. The second-order valence-corrected chi connectivity index (χ2v) is 12.9. The average molecular weight is 686 g/mol. The molecule has 3 aromatic carbocycles. The zero-order valence-electron chi connectivity index (χ0n) is 24.5. The molecular weight excluding hydrogens is 657 g/mol. The number of nitrogens with one attached hydrogen (secondary N) is 2. The van der Waals surface area contributed by atoms with Crippen molar-refractivity contribution >= 4 is 46.3 Å². The molecule has 1 aromatic heterocycles. The Hall–Kier alpha value is -3.47. The number of carbonyl (C=O) groups is 1. The van der Waals surface area contributed by atoms with Gasteiger partial charge in [-0.05, 0) is 66.3 Å². The van der Waals surface area contributed by atoms with Crippen LogP contribution < -0.4 is 15.4 Å². The minimum absolute atomic E-state index is 0.00481. The van der Waals surface area contributed by atoms with Gasteiger partial charge in [-0.25, -0.2) is 13.8 Å². The molecule has 238 valence electrons. The predicted molar refractivity (Wildman–Crippen MR) is 173 cm³/mol. The van der Waals surface area contributed by atoms with Gasteiger partial charge in [0, 0.05) is 37.3 Å². The molecule has 3 aliphatic rings. The Morgan fingerprint density at radius 2 is 1.78 bits per heavy atom. The van der Waals surface area contributed by atoms with Crippen molar-refractivity contribution in [1.29, 1.82) is 0 Å². The molecule has 2 aliphatic heterocycles. The molecule has 46 heavy (non-hydrogen) atoms. The fourth-order valence-corrected chi connectivity index (χ4v) is 6.74. The van der Waals surface area contributed by atoms with Gasteiger partial charge in [-0.2, -0.15) is 0 Å². The first kappa shape index (κ1) is 31.1. The number of benzene rings is 3. The Labute approximate surface area is 279 Å². The summed E-state index contributed by atoms with van der Waals surface area (Å²) in [6.07, 6.45) is 3.92. The monoisotopic (exact) mass is 684 g/mol. The molecule has 1 amide bonds. The molecule has 1 saturated heterocycles. The minimum atomic E-state index is -0.770. The van der Waals surface area contributed by atoms with E-state index in [1.165, 1.54) is 6.26 Å². The number of carbonyl (C=O) groups excluding carboxylic acids is 1. The highest BCUT2D eigenvalue weighted by molar-refractivity contribution is 6.42. The predicted octanol–water partition coefficient (Wildman–Crippen LogP) is 7.44. The number of fused-ring (bicyclic) bond motifs is 2. The van der Waals surface area contributed by atoms with Crippen LogP contribution in [0.5, 0.6) is 5.75 Å². The Morgan fingerprint density at radius 1 is 1.00 bits per heavy atom. The second-order valence-electron chi connectivity index (χ2n) is 11.7. The molecule has 7 nitrogen and oxygen atoms in total. The number of aromatic nitrogens is 1. The van der Waals surface area contributed by atoms with Crippen LogP contribution >= 0.6 is 34.8 Å². The van der Waals surface area contributed by atoms with Crippen LogP contribution in [0.1, 0.15) is 36.1 Å². The van der Waals surface area contributed by atoms with Gasteiger partial charge in [0.2, 0.25) is 5.89 Å². The van der Waals surface area contributed by atoms with Crippen molar-refractivity contribution in [3.8, 4) is 17.2 Å². The van der Waals surface area contributed by atoms with Crippen LogP contribution in [0.3, 0.4) is 0 Å². The van der Waals surface area contributed by atoms with Gasteiger partial charge in [-0.1, -0.05) is 59.1 Å². The van der Waals surface area contributed by atoms with Gasteiger partial charge in [0.25, 0.3) is 5.91 Å². The lowest BCUT2D eigenvalue weighted by molar-refractivity contribution is -0.128. The van der Waals surface area contributed by atoms with Crippen LogP contribution in [0.4, 0.5) is 8.78 Å². The van der Waals surface area contributed by atoms with Crippen molar-refractivity contribution in [2.24, 2.45) is 0 Å². The first-order chi connectivity index (χ1) is 22.3. The van der Waals surface area contributed by atoms with E-state index in [0.717, 1.165) is 53.8 Å². The van der Waals surface area contributed by atoms with Crippen LogP contribution in [0.25, 0.3) is 17.0 Å². The molecule has 1 saturated carbocycles. The van der Waals surface area contributed by atoms with Crippen molar-refractivity contribution in [3.63, 3.8) is 0 Å². The number of piperazine rings is 1. The fourth-order valence-electron chi connectivity index (χ4n) is 6.12. The summed E-state index contributed by atoms with van der Waals surface area (Å²) in [5, 5.41) is 7.66. The molecule has 3 heterocycles. The highest BCUT2D eigenvalue weighted by atomic mass is 35.5. The number of oxazole rings is 1. The Morgan fingerprint density at radius 3 is 2.57 bits per heavy atom. The molecule has 1 aliphatic carbocycles. The number of rotatable bonds is 9. The Kier molecular flexibility index (Phi) is 8.78. The third-order valence-electron chi connectivity index (χ3n) is 8.55. The molecule has 4 aromatic rings. The van der Waals surface area contributed by atoms with Crippen molar-refractivity contribution in [2.75, 3.05) is 13.1 Å². The van der Waals surface area contributed by atoms with E-state index in [2.05, 4.69) is 15.6 Å². The largest absolute Gasteiger partial charge is 0.487 e. The molecular formula is C34H29Cl3F2N4O3. The Balaban J connectivity index is 1.12. The maximum absolute atomic E-state index is 14.4. The molecule has 7 rings (SSSR count). The molecule has 2 bridgehead atoms. The molecule has 0 spiro atoms. The van der Waals surface area contributed by atoms with Gasteiger partial charge in [-0.15, -0.1) is 0 Å². The lowest BCUT2D eigenvalue weighted by Gasteiger charge is -2.41. The first-order valence-electron chi connectivity index (χ1n) is 15.0. The number of hydrogen-bond acceptors (Lipinski definition) is 6. The SMILES string of the molecule is O=C(C1=C(c2ccc(OCc3coc(-c4c(F)ccc(F)c4Cl)n3)cc2)CC2CNCC1N2)N(Cc1cccc(Cl)c1Cl)C1CC1. The minimum Gasteiger partial charge on any atom is -0.487 e.